The lowest BCUT2D eigenvalue weighted by Crippen LogP contribution is -2.44. The lowest BCUT2D eigenvalue weighted by atomic mass is 9.75. The minimum absolute atomic E-state index is 0.0845. The van der Waals surface area contributed by atoms with Gasteiger partial charge in [0.1, 0.15) is 6.61 Å². The number of carbonyl (C=O) groups excluding carboxylic acids is 1. The topological polar surface area (TPSA) is 75.6 Å². The molecule has 0 aromatic heterocycles. The van der Waals surface area contributed by atoms with E-state index >= 15 is 0 Å². The highest BCUT2D eigenvalue weighted by atomic mass is 35.5. The van der Waals surface area contributed by atoms with Crippen molar-refractivity contribution in [2.75, 3.05) is 19.8 Å². The molecule has 122 valence electrons. The fraction of sp³-hybridized carbons (Fsp3) is 0.500. The number of amides is 1. The summed E-state index contributed by atoms with van der Waals surface area (Å²) < 4.78 is 4.92. The molecule has 0 heterocycles. The van der Waals surface area contributed by atoms with Crippen molar-refractivity contribution in [1.29, 1.82) is 0 Å². The molecule has 1 rings (SSSR count). The molecule has 0 aliphatic heterocycles. The molecular formula is C16H22ClNO4. The minimum Gasteiger partial charge on any atom is -0.480 e. The highest BCUT2D eigenvalue weighted by Gasteiger charge is 2.36. The van der Waals surface area contributed by atoms with Gasteiger partial charge in [-0.05, 0) is 30.5 Å². The van der Waals surface area contributed by atoms with Crippen LogP contribution in [0.25, 0.3) is 0 Å². The Labute approximate surface area is 135 Å². The summed E-state index contributed by atoms with van der Waals surface area (Å²) in [5.41, 5.74) is 0.308. The van der Waals surface area contributed by atoms with Crippen molar-refractivity contribution in [3.05, 3.63) is 34.9 Å². The summed E-state index contributed by atoms with van der Waals surface area (Å²) in [7, 11) is 0. The van der Waals surface area contributed by atoms with Gasteiger partial charge in [-0.2, -0.15) is 0 Å². The molecule has 1 amide bonds. The van der Waals surface area contributed by atoms with Gasteiger partial charge >= 0.3 is 5.97 Å². The lowest BCUT2D eigenvalue weighted by molar-refractivity contribution is -0.142. The van der Waals surface area contributed by atoms with Crippen molar-refractivity contribution in [2.24, 2.45) is 0 Å². The summed E-state index contributed by atoms with van der Waals surface area (Å²) in [6.07, 6.45) is 1.32. The first-order chi connectivity index (χ1) is 10.5. The molecule has 0 saturated heterocycles. The van der Waals surface area contributed by atoms with Crippen LogP contribution in [0.5, 0.6) is 0 Å². The number of hydrogen-bond donors (Lipinski definition) is 2. The van der Waals surface area contributed by atoms with E-state index in [9.17, 15) is 9.59 Å². The second kappa shape index (κ2) is 8.76. The zero-order chi connectivity index (χ0) is 16.6. The number of nitrogens with one attached hydrogen (secondary N) is 1. The first-order valence-electron chi connectivity index (χ1n) is 7.30. The molecule has 0 saturated carbocycles. The maximum Gasteiger partial charge on any atom is 0.329 e. The van der Waals surface area contributed by atoms with E-state index < -0.39 is 11.4 Å². The normalized spacial score (nSPS) is 11.2. The molecule has 1 aromatic rings. The number of aliphatic carboxylic acids is 1. The summed E-state index contributed by atoms with van der Waals surface area (Å²) in [6.45, 7) is 4.03. The van der Waals surface area contributed by atoms with Gasteiger partial charge in [-0.3, -0.25) is 4.79 Å². The monoisotopic (exact) mass is 327 g/mol. The van der Waals surface area contributed by atoms with Crippen LogP contribution < -0.4 is 5.32 Å². The van der Waals surface area contributed by atoms with Crippen LogP contribution in [-0.2, 0) is 19.7 Å². The number of rotatable bonds is 9. The van der Waals surface area contributed by atoms with Crippen LogP contribution in [0.4, 0.5) is 0 Å². The SMILES string of the molecule is CCC(CC)(C(=O)NCCOCC(=O)O)c1ccc(Cl)cc1. The second-order valence-electron chi connectivity index (χ2n) is 5.00. The fourth-order valence-corrected chi connectivity index (χ4v) is 2.57. The highest BCUT2D eigenvalue weighted by Crippen LogP contribution is 2.32. The van der Waals surface area contributed by atoms with Gasteiger partial charge in [0.2, 0.25) is 5.91 Å². The summed E-state index contributed by atoms with van der Waals surface area (Å²) in [5.74, 6) is -1.11. The largest absolute Gasteiger partial charge is 0.480 e. The average Bonchev–Trinajstić information content (AvgIpc) is 2.50. The van der Waals surface area contributed by atoms with Crippen LogP contribution in [0.15, 0.2) is 24.3 Å². The Morgan fingerprint density at radius 2 is 1.82 bits per heavy atom. The van der Waals surface area contributed by atoms with Crippen molar-refractivity contribution in [3.63, 3.8) is 0 Å². The number of halogens is 1. The third kappa shape index (κ3) is 4.71. The van der Waals surface area contributed by atoms with E-state index in [2.05, 4.69) is 5.32 Å². The first-order valence-corrected chi connectivity index (χ1v) is 7.68. The summed E-state index contributed by atoms with van der Waals surface area (Å²) in [6, 6.07) is 7.30. The number of benzene rings is 1. The van der Waals surface area contributed by atoms with Gasteiger partial charge < -0.3 is 15.2 Å². The second-order valence-corrected chi connectivity index (χ2v) is 5.43. The van der Waals surface area contributed by atoms with Crippen molar-refractivity contribution in [1.82, 2.24) is 5.32 Å². The number of carboxylic acid groups (broad SMARTS) is 1. The highest BCUT2D eigenvalue weighted by molar-refractivity contribution is 6.30. The third-order valence-corrected chi connectivity index (χ3v) is 4.05. The molecule has 0 aliphatic rings. The molecule has 0 atom stereocenters. The van der Waals surface area contributed by atoms with Crippen molar-refractivity contribution >= 4 is 23.5 Å². The Bertz CT molecular complexity index is 497. The molecule has 22 heavy (non-hydrogen) atoms. The smallest absolute Gasteiger partial charge is 0.329 e. The predicted molar refractivity (Wildman–Crippen MR) is 85.2 cm³/mol. The maximum absolute atomic E-state index is 12.6. The van der Waals surface area contributed by atoms with Crippen molar-refractivity contribution in [3.8, 4) is 0 Å². The molecule has 1 aromatic carbocycles. The van der Waals surface area contributed by atoms with Gasteiger partial charge in [0.15, 0.2) is 0 Å². The van der Waals surface area contributed by atoms with Gasteiger partial charge in [-0.25, -0.2) is 4.79 Å². The van der Waals surface area contributed by atoms with Crippen LogP contribution in [-0.4, -0.2) is 36.7 Å². The van der Waals surface area contributed by atoms with Crippen LogP contribution >= 0.6 is 11.6 Å². The van der Waals surface area contributed by atoms with Crippen LogP contribution in [0.1, 0.15) is 32.3 Å². The fourth-order valence-electron chi connectivity index (χ4n) is 2.44. The molecule has 5 nitrogen and oxygen atoms in total. The maximum atomic E-state index is 12.6. The van der Waals surface area contributed by atoms with Gasteiger partial charge in [-0.1, -0.05) is 37.6 Å². The molecular weight excluding hydrogens is 306 g/mol. The Balaban J connectivity index is 2.70. The number of hydrogen-bond acceptors (Lipinski definition) is 3. The van der Waals surface area contributed by atoms with E-state index in [-0.39, 0.29) is 25.7 Å². The molecule has 0 bridgehead atoms. The summed E-state index contributed by atoms with van der Waals surface area (Å²) >= 11 is 5.91. The minimum atomic E-state index is -1.02. The Kier molecular flexibility index (Phi) is 7.35. The van der Waals surface area contributed by atoms with Crippen molar-refractivity contribution in [2.45, 2.75) is 32.1 Å². The van der Waals surface area contributed by atoms with Crippen molar-refractivity contribution < 1.29 is 19.4 Å². The van der Waals surface area contributed by atoms with E-state index in [0.29, 0.717) is 17.9 Å². The number of carbonyl (C=O) groups is 2. The van der Waals surface area contributed by atoms with E-state index in [4.69, 9.17) is 21.4 Å². The zero-order valence-corrected chi connectivity index (χ0v) is 13.7. The zero-order valence-electron chi connectivity index (χ0n) is 12.9. The van der Waals surface area contributed by atoms with Crippen LogP contribution in [0.2, 0.25) is 5.02 Å². The number of carboxylic acids is 1. The Morgan fingerprint density at radius 3 is 2.32 bits per heavy atom. The van der Waals surface area contributed by atoms with E-state index in [1.54, 1.807) is 12.1 Å². The van der Waals surface area contributed by atoms with Crippen LogP contribution in [0, 0.1) is 0 Å². The summed E-state index contributed by atoms with van der Waals surface area (Å²) in [5, 5.41) is 11.9. The number of ether oxygens (including phenoxy) is 1. The van der Waals surface area contributed by atoms with Crippen LogP contribution in [0.3, 0.4) is 0 Å². The summed E-state index contributed by atoms with van der Waals surface area (Å²) in [4.78, 5) is 22.9. The molecule has 0 aliphatic carbocycles. The van der Waals surface area contributed by atoms with E-state index in [1.165, 1.54) is 0 Å². The molecule has 0 spiro atoms. The molecule has 0 unspecified atom stereocenters. The molecule has 2 N–H and O–H groups in total. The van der Waals surface area contributed by atoms with Gasteiger partial charge in [0.25, 0.3) is 0 Å². The van der Waals surface area contributed by atoms with E-state index in [0.717, 1.165) is 5.56 Å². The van der Waals surface area contributed by atoms with Gasteiger partial charge in [0, 0.05) is 11.6 Å². The average molecular weight is 328 g/mol. The Morgan fingerprint density at radius 1 is 1.23 bits per heavy atom. The van der Waals surface area contributed by atoms with E-state index in [1.807, 2.05) is 26.0 Å². The Hall–Kier alpha value is -1.59. The standard InChI is InChI=1S/C16H22ClNO4/c1-3-16(4-2,12-5-7-13(17)8-6-12)15(21)18-9-10-22-11-14(19)20/h5-8H,3-4,9-11H2,1-2H3,(H,18,21)(H,19,20). The van der Waals surface area contributed by atoms with Gasteiger partial charge in [-0.15, -0.1) is 0 Å². The quantitative estimate of drug-likeness (QED) is 0.684. The lowest BCUT2D eigenvalue weighted by Gasteiger charge is -2.31. The molecule has 0 radical (unpaired) electrons. The third-order valence-electron chi connectivity index (χ3n) is 3.80. The first kappa shape index (κ1) is 18.5. The molecule has 0 fully saturated rings. The van der Waals surface area contributed by atoms with Gasteiger partial charge in [0.05, 0.1) is 12.0 Å². The predicted octanol–water partition coefficient (Wildman–Crippen LogP) is 2.62. The molecule has 6 heteroatoms.